The largest absolute Gasteiger partial charge is 0.483 e. The van der Waals surface area contributed by atoms with Crippen LogP contribution in [0, 0.1) is 10.1 Å². The number of rotatable bonds is 7. The molecule has 166 valence electrons. The highest BCUT2D eigenvalue weighted by molar-refractivity contribution is 6.33. The van der Waals surface area contributed by atoms with E-state index in [4.69, 9.17) is 20.8 Å². The molecule has 32 heavy (non-hydrogen) atoms. The van der Waals surface area contributed by atoms with E-state index in [0.717, 1.165) is 5.56 Å². The minimum absolute atomic E-state index is 0.101. The number of hydrazone groups is 1. The number of benzene rings is 2. The van der Waals surface area contributed by atoms with Gasteiger partial charge in [0.1, 0.15) is 17.3 Å². The predicted octanol–water partition coefficient (Wildman–Crippen LogP) is 5.33. The Balaban J connectivity index is 1.60. The lowest BCUT2D eigenvalue weighted by atomic mass is 9.86. The summed E-state index contributed by atoms with van der Waals surface area (Å²) in [5.74, 6) is 0.887. The summed E-state index contributed by atoms with van der Waals surface area (Å²) in [7, 11) is 0. The van der Waals surface area contributed by atoms with Gasteiger partial charge in [0.15, 0.2) is 6.61 Å². The summed E-state index contributed by atoms with van der Waals surface area (Å²) in [6.45, 7) is 6.01. The van der Waals surface area contributed by atoms with Crippen LogP contribution in [0.25, 0.3) is 11.3 Å². The fourth-order valence-electron chi connectivity index (χ4n) is 2.94. The third-order valence-electron chi connectivity index (χ3n) is 4.49. The number of nitrogens with zero attached hydrogens (tertiary/aromatic N) is 2. The first-order valence-electron chi connectivity index (χ1n) is 9.73. The average Bonchev–Trinajstić information content (AvgIpc) is 3.20. The van der Waals surface area contributed by atoms with Crippen molar-refractivity contribution >= 4 is 29.4 Å². The molecule has 1 N–H and O–H groups in total. The zero-order valence-electron chi connectivity index (χ0n) is 17.8. The molecule has 3 aromatic rings. The molecular weight excluding hydrogens is 434 g/mol. The highest BCUT2D eigenvalue weighted by Crippen LogP contribution is 2.32. The van der Waals surface area contributed by atoms with Crippen LogP contribution in [-0.4, -0.2) is 23.7 Å². The normalized spacial score (nSPS) is 11.5. The van der Waals surface area contributed by atoms with E-state index in [1.54, 1.807) is 12.1 Å². The number of nitro groups is 1. The van der Waals surface area contributed by atoms with Crippen molar-refractivity contribution in [2.45, 2.75) is 26.2 Å². The molecule has 8 nitrogen and oxygen atoms in total. The number of amides is 1. The molecular formula is C23H22ClN3O5. The first kappa shape index (κ1) is 23.0. The van der Waals surface area contributed by atoms with Crippen molar-refractivity contribution in [2.75, 3.05) is 6.61 Å². The summed E-state index contributed by atoms with van der Waals surface area (Å²) in [6.07, 6.45) is 1.32. The van der Waals surface area contributed by atoms with Gasteiger partial charge in [-0.25, -0.2) is 5.43 Å². The van der Waals surface area contributed by atoms with E-state index in [0.29, 0.717) is 27.9 Å². The molecule has 1 heterocycles. The van der Waals surface area contributed by atoms with Gasteiger partial charge in [0.25, 0.3) is 11.6 Å². The second-order valence-electron chi connectivity index (χ2n) is 7.95. The number of nitro benzene ring substituents is 1. The Labute approximate surface area is 190 Å². The molecule has 0 fully saturated rings. The first-order valence-corrected chi connectivity index (χ1v) is 10.1. The molecule has 0 aliphatic heterocycles. The van der Waals surface area contributed by atoms with Gasteiger partial charge in [-0.05, 0) is 35.2 Å². The Kier molecular flexibility index (Phi) is 6.95. The molecule has 3 rings (SSSR count). The van der Waals surface area contributed by atoms with Crippen LogP contribution in [0.2, 0.25) is 5.02 Å². The van der Waals surface area contributed by atoms with E-state index in [2.05, 4.69) is 31.3 Å². The van der Waals surface area contributed by atoms with Gasteiger partial charge in [-0.15, -0.1) is 0 Å². The van der Waals surface area contributed by atoms with E-state index in [1.807, 2.05) is 24.3 Å². The smallest absolute Gasteiger partial charge is 0.277 e. The number of halogens is 1. The lowest BCUT2D eigenvalue weighted by Crippen LogP contribution is -2.25. The summed E-state index contributed by atoms with van der Waals surface area (Å²) in [6, 6.07) is 14.9. The predicted molar refractivity (Wildman–Crippen MR) is 122 cm³/mol. The number of ether oxygens (including phenoxy) is 1. The number of furan rings is 1. The van der Waals surface area contributed by atoms with Gasteiger partial charge in [0.2, 0.25) is 0 Å². The summed E-state index contributed by atoms with van der Waals surface area (Å²) < 4.78 is 11.3. The Morgan fingerprint density at radius 3 is 2.69 bits per heavy atom. The topological polar surface area (TPSA) is 107 Å². The zero-order valence-corrected chi connectivity index (χ0v) is 18.6. The van der Waals surface area contributed by atoms with E-state index < -0.39 is 10.8 Å². The third kappa shape index (κ3) is 5.73. The highest BCUT2D eigenvalue weighted by Gasteiger charge is 2.19. The fourth-order valence-corrected chi connectivity index (χ4v) is 3.15. The molecule has 0 saturated heterocycles. The summed E-state index contributed by atoms with van der Waals surface area (Å²) in [5, 5.41) is 15.2. The summed E-state index contributed by atoms with van der Waals surface area (Å²) >= 11 is 6.13. The number of non-ortho nitro benzene ring substituents is 1. The van der Waals surface area contributed by atoms with Crippen molar-refractivity contribution in [1.29, 1.82) is 0 Å². The number of para-hydroxylation sites is 1. The van der Waals surface area contributed by atoms with Crippen LogP contribution in [0.4, 0.5) is 5.69 Å². The van der Waals surface area contributed by atoms with Crippen molar-refractivity contribution in [2.24, 2.45) is 5.10 Å². The molecule has 0 radical (unpaired) electrons. The summed E-state index contributed by atoms with van der Waals surface area (Å²) in [4.78, 5) is 22.5. The molecule has 0 unspecified atom stereocenters. The van der Waals surface area contributed by atoms with Gasteiger partial charge in [-0.2, -0.15) is 5.10 Å². The maximum atomic E-state index is 12.1. The molecule has 0 spiro atoms. The molecule has 1 aromatic heterocycles. The van der Waals surface area contributed by atoms with E-state index in [1.165, 1.54) is 24.4 Å². The van der Waals surface area contributed by atoms with Crippen molar-refractivity contribution in [3.63, 3.8) is 0 Å². The zero-order chi connectivity index (χ0) is 23.3. The number of nitrogens with one attached hydrogen (secondary N) is 1. The lowest BCUT2D eigenvalue weighted by molar-refractivity contribution is -0.384. The van der Waals surface area contributed by atoms with E-state index >= 15 is 0 Å². The number of carbonyl (C=O) groups excluding carboxylic acids is 1. The van der Waals surface area contributed by atoms with Gasteiger partial charge in [-0.1, -0.05) is 50.6 Å². The number of hydrogen-bond donors (Lipinski definition) is 1. The van der Waals surface area contributed by atoms with E-state index in [-0.39, 0.29) is 17.7 Å². The van der Waals surface area contributed by atoms with Gasteiger partial charge in [-0.3, -0.25) is 14.9 Å². The monoisotopic (exact) mass is 455 g/mol. The molecule has 0 bridgehead atoms. The fraction of sp³-hybridized carbons (Fsp3) is 0.217. The second kappa shape index (κ2) is 9.65. The van der Waals surface area contributed by atoms with Gasteiger partial charge in [0, 0.05) is 17.7 Å². The quantitative estimate of drug-likeness (QED) is 0.294. The van der Waals surface area contributed by atoms with Crippen LogP contribution in [0.15, 0.2) is 64.1 Å². The lowest BCUT2D eigenvalue weighted by Gasteiger charge is -2.22. The Hall–Kier alpha value is -3.65. The van der Waals surface area contributed by atoms with Crippen LogP contribution >= 0.6 is 11.6 Å². The van der Waals surface area contributed by atoms with Crippen LogP contribution < -0.4 is 10.2 Å². The van der Waals surface area contributed by atoms with Crippen LogP contribution in [-0.2, 0) is 10.2 Å². The maximum Gasteiger partial charge on any atom is 0.277 e. The first-order chi connectivity index (χ1) is 15.1. The number of hydrogen-bond acceptors (Lipinski definition) is 6. The van der Waals surface area contributed by atoms with Crippen LogP contribution in [0.3, 0.4) is 0 Å². The summed E-state index contributed by atoms with van der Waals surface area (Å²) in [5.41, 5.74) is 3.54. The SMILES string of the molecule is CC(C)(C)c1ccccc1OCC(=O)N/N=C\c1ccc(-c2cc([N+](=O)[O-])ccc2Cl)o1. The van der Waals surface area contributed by atoms with Gasteiger partial charge in [0.05, 0.1) is 16.2 Å². The minimum Gasteiger partial charge on any atom is -0.483 e. The van der Waals surface area contributed by atoms with Crippen LogP contribution in [0.1, 0.15) is 32.1 Å². The molecule has 0 aliphatic carbocycles. The third-order valence-corrected chi connectivity index (χ3v) is 4.82. The molecule has 2 aromatic carbocycles. The molecule has 0 aliphatic rings. The molecule has 0 saturated carbocycles. The molecule has 9 heteroatoms. The minimum atomic E-state index is -0.511. The van der Waals surface area contributed by atoms with Gasteiger partial charge < -0.3 is 9.15 Å². The Morgan fingerprint density at radius 1 is 1.22 bits per heavy atom. The maximum absolute atomic E-state index is 12.1. The van der Waals surface area contributed by atoms with Gasteiger partial charge >= 0.3 is 0 Å². The van der Waals surface area contributed by atoms with Crippen molar-refractivity contribution in [3.05, 3.63) is 81.1 Å². The van der Waals surface area contributed by atoms with Crippen molar-refractivity contribution in [3.8, 4) is 17.1 Å². The molecule has 1 amide bonds. The molecule has 0 atom stereocenters. The number of carbonyl (C=O) groups is 1. The van der Waals surface area contributed by atoms with Crippen LogP contribution in [0.5, 0.6) is 5.75 Å². The van der Waals surface area contributed by atoms with E-state index in [9.17, 15) is 14.9 Å². The standard InChI is InChI=1S/C23H22ClN3O5/c1-23(2,3)18-6-4-5-7-21(18)31-14-22(28)26-25-13-16-9-11-20(32-16)17-12-15(27(29)30)8-10-19(17)24/h4-13H,14H2,1-3H3,(H,26,28)/b25-13-. The van der Waals surface area contributed by atoms with Crippen molar-refractivity contribution in [1.82, 2.24) is 5.43 Å². The average molecular weight is 456 g/mol. The highest BCUT2D eigenvalue weighted by atomic mass is 35.5. The second-order valence-corrected chi connectivity index (χ2v) is 8.36. The van der Waals surface area contributed by atoms with Crippen molar-refractivity contribution < 1.29 is 18.9 Å². The Bertz CT molecular complexity index is 1160. The Morgan fingerprint density at radius 2 is 1.97 bits per heavy atom.